The molecule has 0 aliphatic carbocycles. The van der Waals surface area contributed by atoms with Crippen molar-refractivity contribution < 1.29 is 29.6 Å². The average Bonchev–Trinajstić information content (AvgIpc) is 2.31. The molecule has 0 atom stereocenters. The monoisotopic (exact) mass is 268 g/mol. The minimum Gasteiger partial charge on any atom is -0.504 e. The standard InChI is InChI=1S/C9H8O4.C4H8O2/c10-7-3-1-6(5-8(7)11)2-4-9(12)13;1-3-6-4(2)5/h1-5,10-11H,(H,12,13);3H2,1-2H3. The van der Waals surface area contributed by atoms with E-state index in [0.29, 0.717) is 12.2 Å². The van der Waals surface area contributed by atoms with Gasteiger partial charge >= 0.3 is 11.9 Å². The van der Waals surface area contributed by atoms with E-state index in [4.69, 9.17) is 15.3 Å². The molecular formula is C13H16O6. The third-order valence-electron chi connectivity index (χ3n) is 1.77. The molecule has 19 heavy (non-hydrogen) atoms. The molecule has 104 valence electrons. The molecule has 1 aromatic carbocycles. The Bertz CT molecular complexity index is 464. The highest BCUT2D eigenvalue weighted by Gasteiger charge is 1.97. The van der Waals surface area contributed by atoms with Gasteiger partial charge in [0.05, 0.1) is 6.61 Å². The van der Waals surface area contributed by atoms with Gasteiger partial charge in [0.1, 0.15) is 0 Å². The van der Waals surface area contributed by atoms with E-state index in [1.165, 1.54) is 31.2 Å². The number of carboxylic acids is 1. The van der Waals surface area contributed by atoms with Crippen LogP contribution in [0.5, 0.6) is 11.5 Å². The third-order valence-corrected chi connectivity index (χ3v) is 1.77. The van der Waals surface area contributed by atoms with Crippen LogP contribution in [0.15, 0.2) is 24.3 Å². The first-order valence-electron chi connectivity index (χ1n) is 5.43. The smallest absolute Gasteiger partial charge is 0.328 e. The van der Waals surface area contributed by atoms with Crippen LogP contribution in [0.2, 0.25) is 0 Å². The lowest BCUT2D eigenvalue weighted by molar-refractivity contribution is -0.140. The van der Waals surface area contributed by atoms with E-state index in [1.807, 2.05) is 0 Å². The number of hydrogen-bond acceptors (Lipinski definition) is 5. The van der Waals surface area contributed by atoms with Crippen LogP contribution in [0.4, 0.5) is 0 Å². The lowest BCUT2D eigenvalue weighted by Gasteiger charge is -1.97. The van der Waals surface area contributed by atoms with Gasteiger partial charge in [0, 0.05) is 13.0 Å². The largest absolute Gasteiger partial charge is 0.504 e. The van der Waals surface area contributed by atoms with E-state index in [0.717, 1.165) is 6.08 Å². The Morgan fingerprint density at radius 2 is 1.89 bits per heavy atom. The van der Waals surface area contributed by atoms with Gasteiger partial charge in [-0.3, -0.25) is 4.79 Å². The summed E-state index contributed by atoms with van der Waals surface area (Å²) in [5, 5.41) is 26.3. The van der Waals surface area contributed by atoms with Crippen LogP contribution >= 0.6 is 0 Å². The second-order valence-electron chi connectivity index (χ2n) is 3.34. The molecule has 1 aromatic rings. The number of carbonyl (C=O) groups excluding carboxylic acids is 1. The van der Waals surface area contributed by atoms with Crippen molar-refractivity contribution in [2.45, 2.75) is 13.8 Å². The highest BCUT2D eigenvalue weighted by atomic mass is 16.5. The number of carboxylic acid groups (broad SMARTS) is 1. The molecular weight excluding hydrogens is 252 g/mol. The van der Waals surface area contributed by atoms with Gasteiger partial charge in [-0.05, 0) is 30.7 Å². The molecule has 0 saturated heterocycles. The van der Waals surface area contributed by atoms with Crippen LogP contribution < -0.4 is 0 Å². The fraction of sp³-hybridized carbons (Fsp3) is 0.231. The Balaban J connectivity index is 0.000000459. The predicted molar refractivity (Wildman–Crippen MR) is 68.7 cm³/mol. The number of benzene rings is 1. The lowest BCUT2D eigenvalue weighted by Crippen LogP contribution is -1.95. The molecule has 0 saturated carbocycles. The van der Waals surface area contributed by atoms with Crippen LogP contribution in [0.25, 0.3) is 6.08 Å². The van der Waals surface area contributed by atoms with Gasteiger partial charge in [-0.25, -0.2) is 4.79 Å². The Kier molecular flexibility index (Phi) is 7.44. The van der Waals surface area contributed by atoms with Crippen LogP contribution in [0.3, 0.4) is 0 Å². The second kappa shape index (κ2) is 8.57. The summed E-state index contributed by atoms with van der Waals surface area (Å²) in [6.07, 6.45) is 2.27. The molecule has 0 unspecified atom stereocenters. The normalized spacial score (nSPS) is 9.58. The quantitative estimate of drug-likeness (QED) is 0.438. The summed E-state index contributed by atoms with van der Waals surface area (Å²) in [5.41, 5.74) is 0.512. The zero-order chi connectivity index (χ0) is 14.8. The maximum absolute atomic E-state index is 10.1. The number of hydrogen-bond donors (Lipinski definition) is 3. The molecule has 0 aliphatic heterocycles. The van der Waals surface area contributed by atoms with E-state index >= 15 is 0 Å². The van der Waals surface area contributed by atoms with E-state index < -0.39 is 5.97 Å². The molecule has 1 rings (SSSR count). The van der Waals surface area contributed by atoms with Gasteiger partial charge in [-0.15, -0.1) is 0 Å². The van der Waals surface area contributed by atoms with Crippen molar-refractivity contribution in [1.82, 2.24) is 0 Å². The SMILES string of the molecule is CCOC(C)=O.O=C(O)C=Cc1ccc(O)c(O)c1. The van der Waals surface area contributed by atoms with E-state index in [-0.39, 0.29) is 17.5 Å². The van der Waals surface area contributed by atoms with Crippen molar-refractivity contribution in [3.05, 3.63) is 29.8 Å². The summed E-state index contributed by atoms with van der Waals surface area (Å²) in [7, 11) is 0. The highest BCUT2D eigenvalue weighted by Crippen LogP contribution is 2.25. The van der Waals surface area contributed by atoms with Gasteiger partial charge in [-0.1, -0.05) is 6.07 Å². The second-order valence-corrected chi connectivity index (χ2v) is 3.34. The summed E-state index contributed by atoms with van der Waals surface area (Å²) < 4.78 is 4.40. The van der Waals surface area contributed by atoms with Gasteiger partial charge in [0.25, 0.3) is 0 Å². The predicted octanol–water partition coefficient (Wildman–Crippen LogP) is 1.77. The Hall–Kier alpha value is -2.50. The summed E-state index contributed by atoms with van der Waals surface area (Å²) in [4.78, 5) is 19.9. The van der Waals surface area contributed by atoms with Crippen molar-refractivity contribution in [2.75, 3.05) is 6.61 Å². The summed E-state index contributed by atoms with van der Waals surface area (Å²) in [5.74, 6) is -1.77. The molecule has 0 amide bonds. The van der Waals surface area contributed by atoms with Gasteiger partial charge < -0.3 is 20.1 Å². The first kappa shape index (κ1) is 16.5. The van der Waals surface area contributed by atoms with Crippen molar-refractivity contribution in [2.24, 2.45) is 0 Å². The molecule has 0 bridgehead atoms. The van der Waals surface area contributed by atoms with Crippen molar-refractivity contribution in [1.29, 1.82) is 0 Å². The fourth-order valence-electron chi connectivity index (χ4n) is 1.01. The maximum Gasteiger partial charge on any atom is 0.328 e. The minimum atomic E-state index is -1.06. The van der Waals surface area contributed by atoms with Crippen LogP contribution in [0, 0.1) is 0 Å². The first-order chi connectivity index (χ1) is 8.86. The molecule has 0 aromatic heterocycles. The molecule has 6 heteroatoms. The van der Waals surface area contributed by atoms with Crippen LogP contribution in [0.1, 0.15) is 19.4 Å². The Morgan fingerprint density at radius 3 is 2.26 bits per heavy atom. The van der Waals surface area contributed by atoms with Crippen molar-refractivity contribution in [3.8, 4) is 11.5 Å². The minimum absolute atomic E-state index is 0.211. The number of phenols is 2. The van der Waals surface area contributed by atoms with Crippen molar-refractivity contribution >= 4 is 18.0 Å². The van der Waals surface area contributed by atoms with Gasteiger partial charge in [-0.2, -0.15) is 0 Å². The number of carbonyl (C=O) groups is 2. The van der Waals surface area contributed by atoms with Crippen LogP contribution in [-0.4, -0.2) is 33.9 Å². The van der Waals surface area contributed by atoms with E-state index in [2.05, 4.69) is 4.74 Å². The maximum atomic E-state index is 10.1. The van der Waals surface area contributed by atoms with Gasteiger partial charge in [0.2, 0.25) is 0 Å². The Labute approximate surface area is 110 Å². The third kappa shape index (κ3) is 8.25. The topological polar surface area (TPSA) is 104 Å². The molecule has 6 nitrogen and oxygen atoms in total. The average molecular weight is 268 g/mol. The van der Waals surface area contributed by atoms with Crippen LogP contribution in [-0.2, 0) is 14.3 Å². The highest BCUT2D eigenvalue weighted by molar-refractivity contribution is 5.85. The number of aliphatic carboxylic acids is 1. The zero-order valence-corrected chi connectivity index (χ0v) is 10.7. The zero-order valence-electron chi connectivity index (χ0n) is 10.7. The molecule has 3 N–H and O–H groups in total. The lowest BCUT2D eigenvalue weighted by atomic mass is 10.2. The molecule has 0 heterocycles. The first-order valence-corrected chi connectivity index (χ1v) is 5.43. The number of rotatable bonds is 3. The van der Waals surface area contributed by atoms with E-state index in [1.54, 1.807) is 6.92 Å². The number of ether oxygens (including phenoxy) is 1. The number of aromatic hydroxyl groups is 2. The van der Waals surface area contributed by atoms with Gasteiger partial charge in [0.15, 0.2) is 11.5 Å². The fourth-order valence-corrected chi connectivity index (χ4v) is 1.01. The molecule has 0 fully saturated rings. The Morgan fingerprint density at radius 1 is 1.26 bits per heavy atom. The van der Waals surface area contributed by atoms with Crippen molar-refractivity contribution in [3.63, 3.8) is 0 Å². The summed E-state index contributed by atoms with van der Waals surface area (Å²) in [6, 6.07) is 4.06. The molecule has 0 radical (unpaired) electrons. The summed E-state index contributed by atoms with van der Waals surface area (Å²) in [6.45, 7) is 3.65. The molecule has 0 spiro atoms. The number of phenolic OH excluding ortho intramolecular Hbond substituents is 2. The van der Waals surface area contributed by atoms with E-state index in [9.17, 15) is 9.59 Å². The molecule has 0 aliphatic rings. The summed E-state index contributed by atoms with van der Waals surface area (Å²) >= 11 is 0. The number of esters is 1.